The zero-order chi connectivity index (χ0) is 11.5. The molecule has 1 aromatic rings. The number of aryl methyl sites for hydroxylation is 1. The summed E-state index contributed by atoms with van der Waals surface area (Å²) in [4.78, 5) is 13.8. The van der Waals surface area contributed by atoms with E-state index in [9.17, 15) is 9.90 Å². The van der Waals surface area contributed by atoms with E-state index in [4.69, 9.17) is 4.42 Å². The number of piperidine rings is 1. The van der Waals surface area contributed by atoms with Crippen molar-refractivity contribution in [3.63, 3.8) is 0 Å². The van der Waals surface area contributed by atoms with Crippen molar-refractivity contribution in [2.24, 2.45) is 0 Å². The maximum atomic E-state index is 12.1. The topological polar surface area (TPSA) is 53.7 Å². The largest absolute Gasteiger partial charge is 0.469 e. The molecule has 0 saturated carbocycles. The van der Waals surface area contributed by atoms with Crippen molar-refractivity contribution in [3.8, 4) is 0 Å². The first kappa shape index (κ1) is 11.2. The molecular weight excluding hydrogens is 206 g/mol. The number of hydrogen-bond acceptors (Lipinski definition) is 3. The summed E-state index contributed by atoms with van der Waals surface area (Å²) in [6, 6.07) is 1.71. The monoisotopic (exact) mass is 223 g/mol. The fraction of sp³-hybridized carbons (Fsp3) is 0.583. The van der Waals surface area contributed by atoms with Crippen molar-refractivity contribution < 1.29 is 14.3 Å². The van der Waals surface area contributed by atoms with E-state index in [0.29, 0.717) is 18.5 Å². The lowest BCUT2D eigenvalue weighted by Gasteiger charge is -2.30. The van der Waals surface area contributed by atoms with Gasteiger partial charge in [0.1, 0.15) is 5.76 Å². The molecule has 1 fully saturated rings. The van der Waals surface area contributed by atoms with Crippen LogP contribution in [0.15, 0.2) is 16.7 Å². The first-order valence-corrected chi connectivity index (χ1v) is 5.76. The molecule has 1 aromatic heterocycles. The summed E-state index contributed by atoms with van der Waals surface area (Å²) in [5.41, 5.74) is 0.636. The van der Waals surface area contributed by atoms with Gasteiger partial charge in [0, 0.05) is 19.5 Å². The highest BCUT2D eigenvalue weighted by Gasteiger charge is 2.25. The molecule has 1 amide bonds. The standard InChI is InChI=1S/C12H17NO3/c1-2-11-10(5-7-16-11)12(15)13-6-3-4-9(14)8-13/h5,7,9,14H,2-4,6,8H2,1H3/t9-/m0/s1. The molecule has 0 aromatic carbocycles. The Morgan fingerprint density at radius 3 is 3.19 bits per heavy atom. The van der Waals surface area contributed by atoms with Crippen LogP contribution in [0.3, 0.4) is 0 Å². The summed E-state index contributed by atoms with van der Waals surface area (Å²) >= 11 is 0. The molecule has 2 rings (SSSR count). The highest BCUT2D eigenvalue weighted by Crippen LogP contribution is 2.17. The Balaban J connectivity index is 2.12. The van der Waals surface area contributed by atoms with Crippen LogP contribution in [0.4, 0.5) is 0 Å². The van der Waals surface area contributed by atoms with Gasteiger partial charge < -0.3 is 14.4 Å². The van der Waals surface area contributed by atoms with Crippen molar-refractivity contribution in [1.29, 1.82) is 0 Å². The minimum atomic E-state index is -0.380. The second kappa shape index (κ2) is 4.70. The maximum Gasteiger partial charge on any atom is 0.257 e. The second-order valence-electron chi connectivity index (χ2n) is 4.16. The SMILES string of the molecule is CCc1occc1C(=O)N1CCC[C@H](O)C1. The fourth-order valence-electron chi connectivity index (χ4n) is 2.11. The van der Waals surface area contributed by atoms with Crippen LogP contribution in [0.1, 0.15) is 35.9 Å². The Hall–Kier alpha value is -1.29. The first-order valence-electron chi connectivity index (χ1n) is 5.76. The Bertz CT molecular complexity index is 372. The van der Waals surface area contributed by atoms with Gasteiger partial charge in [-0.2, -0.15) is 0 Å². The Morgan fingerprint density at radius 2 is 2.50 bits per heavy atom. The number of amides is 1. The van der Waals surface area contributed by atoms with E-state index in [1.54, 1.807) is 17.2 Å². The lowest BCUT2D eigenvalue weighted by molar-refractivity contribution is 0.0472. The number of furan rings is 1. The molecule has 16 heavy (non-hydrogen) atoms. The molecular formula is C12H17NO3. The van der Waals surface area contributed by atoms with Crippen LogP contribution in [-0.2, 0) is 6.42 Å². The van der Waals surface area contributed by atoms with E-state index in [1.165, 1.54) is 0 Å². The summed E-state index contributed by atoms with van der Waals surface area (Å²) in [5, 5.41) is 9.54. The molecule has 88 valence electrons. The van der Waals surface area contributed by atoms with E-state index in [1.807, 2.05) is 6.92 Å². The van der Waals surface area contributed by atoms with Gasteiger partial charge >= 0.3 is 0 Å². The van der Waals surface area contributed by atoms with Gasteiger partial charge in [-0.25, -0.2) is 0 Å². The van der Waals surface area contributed by atoms with E-state index in [2.05, 4.69) is 0 Å². The van der Waals surface area contributed by atoms with Crippen LogP contribution < -0.4 is 0 Å². The molecule has 1 atom stereocenters. The third-order valence-electron chi connectivity index (χ3n) is 2.98. The van der Waals surface area contributed by atoms with Crippen molar-refractivity contribution in [2.45, 2.75) is 32.3 Å². The number of aliphatic hydroxyl groups excluding tert-OH is 1. The molecule has 1 N–H and O–H groups in total. The summed E-state index contributed by atoms with van der Waals surface area (Å²) in [6.45, 7) is 3.12. The minimum absolute atomic E-state index is 0.0237. The predicted molar refractivity (Wildman–Crippen MR) is 59.2 cm³/mol. The summed E-state index contributed by atoms with van der Waals surface area (Å²) in [6.07, 6.45) is 3.54. The van der Waals surface area contributed by atoms with Gasteiger partial charge in [-0.15, -0.1) is 0 Å². The molecule has 0 spiro atoms. The van der Waals surface area contributed by atoms with Crippen LogP contribution in [0, 0.1) is 0 Å². The highest BCUT2D eigenvalue weighted by atomic mass is 16.3. The minimum Gasteiger partial charge on any atom is -0.469 e. The molecule has 1 aliphatic rings. The Labute approximate surface area is 94.9 Å². The van der Waals surface area contributed by atoms with Gasteiger partial charge in [-0.3, -0.25) is 4.79 Å². The van der Waals surface area contributed by atoms with Crippen LogP contribution in [0.2, 0.25) is 0 Å². The van der Waals surface area contributed by atoms with Crippen molar-refractivity contribution in [3.05, 3.63) is 23.7 Å². The molecule has 0 unspecified atom stereocenters. The number of carbonyl (C=O) groups excluding carboxylic acids is 1. The summed E-state index contributed by atoms with van der Waals surface area (Å²) in [7, 11) is 0. The molecule has 1 saturated heterocycles. The summed E-state index contributed by atoms with van der Waals surface area (Å²) in [5.74, 6) is 0.703. The Morgan fingerprint density at radius 1 is 1.69 bits per heavy atom. The number of aliphatic hydroxyl groups is 1. The van der Waals surface area contributed by atoms with Crippen LogP contribution >= 0.6 is 0 Å². The number of nitrogens with zero attached hydrogens (tertiary/aromatic N) is 1. The lowest BCUT2D eigenvalue weighted by Crippen LogP contribution is -2.42. The Kier molecular flexibility index (Phi) is 3.29. The summed E-state index contributed by atoms with van der Waals surface area (Å²) < 4.78 is 5.24. The van der Waals surface area contributed by atoms with Gasteiger partial charge in [-0.05, 0) is 18.9 Å². The van der Waals surface area contributed by atoms with Gasteiger partial charge in [-0.1, -0.05) is 6.92 Å². The molecule has 2 heterocycles. The van der Waals surface area contributed by atoms with Gasteiger partial charge in [0.25, 0.3) is 5.91 Å². The van der Waals surface area contributed by atoms with Crippen molar-refractivity contribution >= 4 is 5.91 Å². The molecule has 1 aliphatic heterocycles. The number of hydrogen-bond donors (Lipinski definition) is 1. The third-order valence-corrected chi connectivity index (χ3v) is 2.98. The lowest BCUT2D eigenvalue weighted by atomic mass is 10.1. The number of rotatable bonds is 2. The normalized spacial score (nSPS) is 21.1. The number of likely N-dealkylation sites (tertiary alicyclic amines) is 1. The zero-order valence-corrected chi connectivity index (χ0v) is 9.48. The second-order valence-corrected chi connectivity index (χ2v) is 4.16. The molecule has 0 aliphatic carbocycles. The van der Waals surface area contributed by atoms with Gasteiger partial charge in [0.05, 0.1) is 17.9 Å². The van der Waals surface area contributed by atoms with E-state index >= 15 is 0 Å². The predicted octanol–water partition coefficient (Wildman–Crippen LogP) is 1.44. The van der Waals surface area contributed by atoms with E-state index in [0.717, 1.165) is 25.1 Å². The number of carbonyl (C=O) groups is 1. The molecule has 0 bridgehead atoms. The molecule has 4 nitrogen and oxygen atoms in total. The van der Waals surface area contributed by atoms with Gasteiger partial charge in [0.15, 0.2) is 0 Å². The van der Waals surface area contributed by atoms with E-state index in [-0.39, 0.29) is 12.0 Å². The molecule has 0 radical (unpaired) electrons. The number of β-amino-alcohol motifs (C(OH)–C–C–N with tert-alkyl or cyclic N) is 1. The quantitative estimate of drug-likeness (QED) is 0.825. The third kappa shape index (κ3) is 2.11. The van der Waals surface area contributed by atoms with Crippen molar-refractivity contribution in [1.82, 2.24) is 4.90 Å². The van der Waals surface area contributed by atoms with Crippen molar-refractivity contribution in [2.75, 3.05) is 13.1 Å². The van der Waals surface area contributed by atoms with Crippen LogP contribution in [-0.4, -0.2) is 35.1 Å². The maximum absolute atomic E-state index is 12.1. The van der Waals surface area contributed by atoms with E-state index < -0.39 is 0 Å². The van der Waals surface area contributed by atoms with Crippen LogP contribution in [0.5, 0.6) is 0 Å². The molecule has 4 heteroatoms. The fourth-order valence-corrected chi connectivity index (χ4v) is 2.11. The smallest absolute Gasteiger partial charge is 0.257 e. The zero-order valence-electron chi connectivity index (χ0n) is 9.48. The first-order chi connectivity index (χ1) is 7.72. The van der Waals surface area contributed by atoms with Gasteiger partial charge in [0.2, 0.25) is 0 Å². The highest BCUT2D eigenvalue weighted by molar-refractivity contribution is 5.95. The average Bonchev–Trinajstić information content (AvgIpc) is 2.76. The van der Waals surface area contributed by atoms with Crippen LogP contribution in [0.25, 0.3) is 0 Å². The average molecular weight is 223 g/mol.